The van der Waals surface area contributed by atoms with E-state index in [0.29, 0.717) is 6.04 Å². The zero-order valence-corrected chi connectivity index (χ0v) is 11.3. The Morgan fingerprint density at radius 3 is 2.82 bits per heavy atom. The highest BCUT2D eigenvalue weighted by Gasteiger charge is 2.33. The maximum Gasteiger partial charge on any atom is 0.0113 e. The summed E-state index contributed by atoms with van der Waals surface area (Å²) in [6.45, 7) is 7.36. The van der Waals surface area contributed by atoms with Crippen molar-refractivity contribution in [2.45, 2.75) is 70.0 Å². The van der Waals surface area contributed by atoms with Crippen LogP contribution in [0.25, 0.3) is 0 Å². The number of hydrogen-bond donors (Lipinski definition) is 2. The molecule has 1 heterocycles. The maximum atomic E-state index is 3.84. The van der Waals surface area contributed by atoms with E-state index in [4.69, 9.17) is 0 Å². The Bertz CT molecular complexity index is 233. The first-order valence-electron chi connectivity index (χ1n) is 7.41. The van der Waals surface area contributed by atoms with E-state index in [0.717, 1.165) is 24.4 Å². The molecule has 4 unspecified atom stereocenters. The quantitative estimate of drug-likeness (QED) is 0.717. The first kappa shape index (κ1) is 13.1. The van der Waals surface area contributed by atoms with Crippen molar-refractivity contribution in [3.63, 3.8) is 0 Å². The number of rotatable bonds is 5. The van der Waals surface area contributed by atoms with Crippen molar-refractivity contribution >= 4 is 0 Å². The third-order valence-electron chi connectivity index (χ3n) is 4.45. The fraction of sp³-hybridized carbons (Fsp3) is 0.867. The van der Waals surface area contributed by atoms with Gasteiger partial charge in [-0.05, 0) is 51.5 Å². The van der Waals surface area contributed by atoms with Gasteiger partial charge < -0.3 is 10.6 Å². The second-order valence-corrected chi connectivity index (χ2v) is 5.85. The van der Waals surface area contributed by atoms with Crippen LogP contribution in [0.1, 0.15) is 51.9 Å². The zero-order valence-electron chi connectivity index (χ0n) is 11.3. The third kappa shape index (κ3) is 3.56. The predicted molar refractivity (Wildman–Crippen MR) is 74.2 cm³/mol. The van der Waals surface area contributed by atoms with E-state index >= 15 is 0 Å². The summed E-state index contributed by atoms with van der Waals surface area (Å²) in [5.41, 5.74) is 0. The molecule has 2 fully saturated rings. The third-order valence-corrected chi connectivity index (χ3v) is 4.45. The van der Waals surface area contributed by atoms with Gasteiger partial charge in [-0.25, -0.2) is 0 Å². The van der Waals surface area contributed by atoms with E-state index in [1.54, 1.807) is 0 Å². The van der Waals surface area contributed by atoms with Gasteiger partial charge in [0.1, 0.15) is 0 Å². The smallest absolute Gasteiger partial charge is 0.0113 e. The Morgan fingerprint density at radius 1 is 1.29 bits per heavy atom. The summed E-state index contributed by atoms with van der Waals surface area (Å²) >= 11 is 0. The van der Waals surface area contributed by atoms with Crippen LogP contribution in [0.4, 0.5) is 0 Å². The topological polar surface area (TPSA) is 24.1 Å². The van der Waals surface area contributed by atoms with Crippen LogP contribution in [0.5, 0.6) is 0 Å². The minimum atomic E-state index is 0.583. The summed E-state index contributed by atoms with van der Waals surface area (Å²) in [4.78, 5) is 0. The predicted octanol–water partition coefficient (Wildman–Crippen LogP) is 2.85. The van der Waals surface area contributed by atoms with Crippen molar-refractivity contribution in [2.75, 3.05) is 6.54 Å². The molecule has 17 heavy (non-hydrogen) atoms. The molecule has 0 aromatic heterocycles. The van der Waals surface area contributed by atoms with Gasteiger partial charge in [0.05, 0.1) is 0 Å². The standard InChI is InChI=1S/C15H28N2/c1-3-7-12(2)17-15-9-5-4-8-13(15)14-10-6-11-16-14/h3,12-17H,1,4-11H2,2H3. The Kier molecular flexibility index (Phi) is 5.05. The molecule has 4 atom stereocenters. The first-order valence-corrected chi connectivity index (χ1v) is 7.41. The summed E-state index contributed by atoms with van der Waals surface area (Å²) in [7, 11) is 0. The minimum absolute atomic E-state index is 0.583. The van der Waals surface area contributed by atoms with E-state index < -0.39 is 0 Å². The normalized spacial score (nSPS) is 35.7. The van der Waals surface area contributed by atoms with E-state index in [2.05, 4.69) is 24.1 Å². The van der Waals surface area contributed by atoms with Gasteiger partial charge in [-0.2, -0.15) is 0 Å². The lowest BCUT2D eigenvalue weighted by atomic mass is 9.79. The molecule has 2 heteroatoms. The molecule has 1 saturated carbocycles. The second kappa shape index (κ2) is 6.55. The van der Waals surface area contributed by atoms with E-state index in [1.165, 1.54) is 45.1 Å². The Morgan fingerprint density at radius 2 is 2.12 bits per heavy atom. The van der Waals surface area contributed by atoms with E-state index in [1.807, 2.05) is 6.08 Å². The monoisotopic (exact) mass is 236 g/mol. The maximum absolute atomic E-state index is 3.84. The molecule has 0 radical (unpaired) electrons. The van der Waals surface area contributed by atoms with E-state index in [-0.39, 0.29) is 0 Å². The SMILES string of the molecule is C=CCC(C)NC1CCCCC1C1CCCN1. The van der Waals surface area contributed by atoms with Crippen LogP contribution in [0.3, 0.4) is 0 Å². The molecule has 2 rings (SSSR count). The lowest BCUT2D eigenvalue weighted by Crippen LogP contribution is -2.49. The minimum Gasteiger partial charge on any atom is -0.314 e. The lowest BCUT2D eigenvalue weighted by Gasteiger charge is -2.38. The van der Waals surface area contributed by atoms with Gasteiger partial charge in [-0.15, -0.1) is 6.58 Å². The van der Waals surface area contributed by atoms with Gasteiger partial charge in [0.25, 0.3) is 0 Å². The summed E-state index contributed by atoms with van der Waals surface area (Å²) < 4.78 is 0. The molecule has 98 valence electrons. The lowest BCUT2D eigenvalue weighted by molar-refractivity contribution is 0.203. The van der Waals surface area contributed by atoms with Gasteiger partial charge in [0.2, 0.25) is 0 Å². The molecule has 0 spiro atoms. The molecule has 2 nitrogen and oxygen atoms in total. The highest BCUT2D eigenvalue weighted by molar-refractivity contribution is 4.93. The average Bonchev–Trinajstić information content (AvgIpc) is 2.83. The molecular weight excluding hydrogens is 208 g/mol. The van der Waals surface area contributed by atoms with Crippen molar-refractivity contribution in [3.05, 3.63) is 12.7 Å². The van der Waals surface area contributed by atoms with Crippen LogP contribution in [-0.2, 0) is 0 Å². The fourth-order valence-electron chi connectivity index (χ4n) is 3.61. The molecular formula is C15H28N2. The highest BCUT2D eigenvalue weighted by Crippen LogP contribution is 2.31. The van der Waals surface area contributed by atoms with Crippen molar-refractivity contribution < 1.29 is 0 Å². The highest BCUT2D eigenvalue weighted by atomic mass is 15.0. The van der Waals surface area contributed by atoms with Gasteiger partial charge in [0.15, 0.2) is 0 Å². The second-order valence-electron chi connectivity index (χ2n) is 5.85. The molecule has 2 aliphatic rings. The van der Waals surface area contributed by atoms with Gasteiger partial charge in [-0.3, -0.25) is 0 Å². The zero-order chi connectivity index (χ0) is 12.1. The molecule has 2 N–H and O–H groups in total. The van der Waals surface area contributed by atoms with Crippen LogP contribution in [0.2, 0.25) is 0 Å². The number of hydrogen-bond acceptors (Lipinski definition) is 2. The first-order chi connectivity index (χ1) is 8.31. The van der Waals surface area contributed by atoms with Crippen molar-refractivity contribution in [3.8, 4) is 0 Å². The largest absolute Gasteiger partial charge is 0.314 e. The summed E-state index contributed by atoms with van der Waals surface area (Å²) in [6, 6.07) is 2.09. The van der Waals surface area contributed by atoms with Crippen LogP contribution in [-0.4, -0.2) is 24.7 Å². The molecule has 1 aliphatic carbocycles. The molecule has 1 aliphatic heterocycles. The van der Waals surface area contributed by atoms with Crippen LogP contribution in [0, 0.1) is 5.92 Å². The van der Waals surface area contributed by atoms with Gasteiger partial charge in [-0.1, -0.05) is 18.9 Å². The van der Waals surface area contributed by atoms with Crippen LogP contribution in [0.15, 0.2) is 12.7 Å². The molecule has 0 bridgehead atoms. The van der Waals surface area contributed by atoms with Crippen molar-refractivity contribution in [2.24, 2.45) is 5.92 Å². The van der Waals surface area contributed by atoms with Crippen molar-refractivity contribution in [1.82, 2.24) is 10.6 Å². The average molecular weight is 236 g/mol. The summed E-state index contributed by atoms with van der Waals surface area (Å²) in [5, 5.41) is 7.54. The molecule has 0 aromatic carbocycles. The Labute approximate surface area is 106 Å². The van der Waals surface area contributed by atoms with Crippen LogP contribution >= 0.6 is 0 Å². The number of nitrogens with one attached hydrogen (secondary N) is 2. The Hall–Kier alpha value is -0.340. The Balaban J connectivity index is 1.89. The molecule has 1 saturated heterocycles. The fourth-order valence-corrected chi connectivity index (χ4v) is 3.61. The summed E-state index contributed by atoms with van der Waals surface area (Å²) in [5.74, 6) is 0.860. The molecule has 0 aromatic rings. The van der Waals surface area contributed by atoms with Gasteiger partial charge in [0, 0.05) is 18.1 Å². The molecule has 0 amide bonds. The van der Waals surface area contributed by atoms with Crippen LogP contribution < -0.4 is 10.6 Å². The van der Waals surface area contributed by atoms with Crippen molar-refractivity contribution in [1.29, 1.82) is 0 Å². The van der Waals surface area contributed by atoms with Gasteiger partial charge >= 0.3 is 0 Å². The summed E-state index contributed by atoms with van der Waals surface area (Å²) in [6.07, 6.45) is 11.5. The van der Waals surface area contributed by atoms with E-state index in [9.17, 15) is 0 Å².